The van der Waals surface area contributed by atoms with Crippen LogP contribution in [0.15, 0.2) is 48.5 Å². The zero-order valence-electron chi connectivity index (χ0n) is 14.1. The van der Waals surface area contributed by atoms with Crippen LogP contribution >= 0.6 is 12.2 Å². The van der Waals surface area contributed by atoms with E-state index in [0.717, 1.165) is 18.5 Å². The molecular weight excluding hydrogens is 320 g/mol. The zero-order valence-corrected chi connectivity index (χ0v) is 14.9. The summed E-state index contributed by atoms with van der Waals surface area (Å²) in [7, 11) is 1.53. The smallest absolute Gasteiger partial charge is 0.166 e. The van der Waals surface area contributed by atoms with Crippen molar-refractivity contribution >= 4 is 17.3 Å². The van der Waals surface area contributed by atoms with Gasteiger partial charge in [0.1, 0.15) is 0 Å². The second kappa shape index (κ2) is 9.13. The minimum atomic E-state index is 0.136. The van der Waals surface area contributed by atoms with E-state index in [1.54, 1.807) is 12.1 Å². The quantitative estimate of drug-likeness (QED) is 0.671. The van der Waals surface area contributed by atoms with Crippen LogP contribution in [0.5, 0.6) is 11.5 Å². The molecule has 1 atom stereocenters. The first-order valence-corrected chi connectivity index (χ1v) is 8.43. The molecule has 5 heteroatoms. The van der Waals surface area contributed by atoms with Crippen LogP contribution in [-0.2, 0) is 6.54 Å². The van der Waals surface area contributed by atoms with E-state index in [4.69, 9.17) is 17.0 Å². The molecule has 0 amide bonds. The molecule has 0 aliphatic heterocycles. The van der Waals surface area contributed by atoms with Crippen molar-refractivity contribution in [3.63, 3.8) is 0 Å². The van der Waals surface area contributed by atoms with Gasteiger partial charge in [-0.2, -0.15) is 0 Å². The van der Waals surface area contributed by atoms with Crippen molar-refractivity contribution < 1.29 is 9.84 Å². The Morgan fingerprint density at radius 3 is 2.62 bits per heavy atom. The van der Waals surface area contributed by atoms with Gasteiger partial charge in [-0.3, -0.25) is 0 Å². The number of hydrogen-bond acceptors (Lipinski definition) is 3. The number of ether oxygens (including phenoxy) is 1. The molecule has 0 aromatic heterocycles. The van der Waals surface area contributed by atoms with Crippen LogP contribution in [0.3, 0.4) is 0 Å². The lowest BCUT2D eigenvalue weighted by Gasteiger charge is -2.15. The predicted octanol–water partition coefficient (Wildman–Crippen LogP) is 3.56. The topological polar surface area (TPSA) is 53.5 Å². The fourth-order valence-electron chi connectivity index (χ4n) is 2.43. The standard InChI is InChI=1S/C19H24N2O2S/c1-14(16-6-4-3-5-7-16)10-11-20-19(24)21-13-15-8-9-17(22)18(12-15)23-2/h3-9,12,14,22H,10-11,13H2,1-2H3,(H2,20,21,24). The Bertz CT molecular complexity index is 662. The maximum Gasteiger partial charge on any atom is 0.166 e. The average molecular weight is 344 g/mol. The number of methoxy groups -OCH3 is 1. The summed E-state index contributed by atoms with van der Waals surface area (Å²) in [4.78, 5) is 0. The lowest BCUT2D eigenvalue weighted by molar-refractivity contribution is 0.373. The lowest BCUT2D eigenvalue weighted by Crippen LogP contribution is -2.35. The van der Waals surface area contributed by atoms with Gasteiger partial charge in [0, 0.05) is 13.1 Å². The summed E-state index contributed by atoms with van der Waals surface area (Å²) in [5.41, 5.74) is 2.33. The van der Waals surface area contributed by atoms with Crippen molar-refractivity contribution in [2.45, 2.75) is 25.8 Å². The van der Waals surface area contributed by atoms with Crippen molar-refractivity contribution in [3.8, 4) is 11.5 Å². The summed E-state index contributed by atoms with van der Waals surface area (Å²) in [6.07, 6.45) is 1.01. The van der Waals surface area contributed by atoms with Gasteiger partial charge in [0.25, 0.3) is 0 Å². The Labute approximate surface area is 148 Å². The van der Waals surface area contributed by atoms with Crippen molar-refractivity contribution in [1.29, 1.82) is 0 Å². The fourth-order valence-corrected chi connectivity index (χ4v) is 2.60. The first kappa shape index (κ1) is 18.1. The molecular formula is C19H24N2O2S. The van der Waals surface area contributed by atoms with E-state index in [9.17, 15) is 5.11 Å². The molecule has 2 aromatic rings. The minimum absolute atomic E-state index is 0.136. The number of hydrogen-bond donors (Lipinski definition) is 3. The van der Waals surface area contributed by atoms with E-state index in [-0.39, 0.29) is 5.75 Å². The summed E-state index contributed by atoms with van der Waals surface area (Å²) in [6.45, 7) is 3.62. The molecule has 2 rings (SSSR count). The molecule has 2 aromatic carbocycles. The Balaban J connectivity index is 1.72. The van der Waals surface area contributed by atoms with Crippen LogP contribution in [0.25, 0.3) is 0 Å². The number of aromatic hydroxyl groups is 1. The second-order valence-electron chi connectivity index (χ2n) is 5.72. The Kier molecular flexibility index (Phi) is 6.88. The molecule has 0 fully saturated rings. The molecule has 0 saturated carbocycles. The lowest BCUT2D eigenvalue weighted by atomic mass is 9.98. The van der Waals surface area contributed by atoms with Gasteiger partial charge in [0.2, 0.25) is 0 Å². The van der Waals surface area contributed by atoms with Gasteiger partial charge < -0.3 is 20.5 Å². The van der Waals surface area contributed by atoms with Crippen LogP contribution in [0, 0.1) is 0 Å². The first-order chi connectivity index (χ1) is 11.6. The third-order valence-electron chi connectivity index (χ3n) is 3.93. The summed E-state index contributed by atoms with van der Waals surface area (Å²) in [5.74, 6) is 1.09. The molecule has 3 N–H and O–H groups in total. The average Bonchev–Trinajstić information content (AvgIpc) is 2.61. The second-order valence-corrected chi connectivity index (χ2v) is 6.12. The highest BCUT2D eigenvalue weighted by Gasteiger charge is 2.06. The van der Waals surface area contributed by atoms with E-state index >= 15 is 0 Å². The normalized spacial score (nSPS) is 11.6. The van der Waals surface area contributed by atoms with Crippen molar-refractivity contribution in [2.75, 3.05) is 13.7 Å². The predicted molar refractivity (Wildman–Crippen MR) is 102 cm³/mol. The number of benzene rings is 2. The van der Waals surface area contributed by atoms with Gasteiger partial charge in [0.05, 0.1) is 7.11 Å². The Morgan fingerprint density at radius 1 is 1.17 bits per heavy atom. The molecule has 1 unspecified atom stereocenters. The third-order valence-corrected chi connectivity index (χ3v) is 4.22. The molecule has 0 spiro atoms. The summed E-state index contributed by atoms with van der Waals surface area (Å²) >= 11 is 5.31. The van der Waals surface area contributed by atoms with Crippen molar-refractivity contribution in [1.82, 2.24) is 10.6 Å². The summed E-state index contributed by atoms with van der Waals surface area (Å²) in [6, 6.07) is 15.7. The third kappa shape index (κ3) is 5.42. The first-order valence-electron chi connectivity index (χ1n) is 8.02. The van der Waals surface area contributed by atoms with Gasteiger partial charge in [-0.1, -0.05) is 43.3 Å². The minimum Gasteiger partial charge on any atom is -0.504 e. The highest BCUT2D eigenvalue weighted by atomic mass is 32.1. The van der Waals surface area contributed by atoms with Gasteiger partial charge >= 0.3 is 0 Å². The maximum absolute atomic E-state index is 9.59. The molecule has 128 valence electrons. The Morgan fingerprint density at radius 2 is 1.92 bits per heavy atom. The molecule has 0 aliphatic carbocycles. The number of nitrogens with one attached hydrogen (secondary N) is 2. The van der Waals surface area contributed by atoms with Gasteiger partial charge in [-0.15, -0.1) is 0 Å². The van der Waals surface area contributed by atoms with Gasteiger partial charge in [-0.25, -0.2) is 0 Å². The van der Waals surface area contributed by atoms with E-state index in [2.05, 4.69) is 41.8 Å². The largest absolute Gasteiger partial charge is 0.504 e. The SMILES string of the molecule is COc1cc(CNC(=S)NCCC(C)c2ccccc2)ccc1O. The van der Waals surface area contributed by atoms with E-state index in [1.165, 1.54) is 12.7 Å². The van der Waals surface area contributed by atoms with E-state index in [1.807, 2.05) is 12.1 Å². The van der Waals surface area contributed by atoms with E-state index in [0.29, 0.717) is 23.3 Å². The molecule has 0 aliphatic rings. The highest BCUT2D eigenvalue weighted by molar-refractivity contribution is 7.80. The van der Waals surface area contributed by atoms with Gasteiger partial charge in [0.15, 0.2) is 16.6 Å². The molecule has 4 nitrogen and oxygen atoms in total. The molecule has 24 heavy (non-hydrogen) atoms. The van der Waals surface area contributed by atoms with Crippen molar-refractivity contribution in [2.24, 2.45) is 0 Å². The fraction of sp³-hybridized carbons (Fsp3) is 0.316. The Hall–Kier alpha value is -2.27. The number of rotatable bonds is 7. The number of phenols is 1. The molecule has 0 heterocycles. The van der Waals surface area contributed by atoms with Crippen LogP contribution in [0.2, 0.25) is 0 Å². The molecule has 0 saturated heterocycles. The number of thiocarbonyl (C=S) groups is 1. The van der Waals surface area contributed by atoms with Crippen LogP contribution in [-0.4, -0.2) is 23.9 Å². The highest BCUT2D eigenvalue weighted by Crippen LogP contribution is 2.26. The van der Waals surface area contributed by atoms with E-state index < -0.39 is 0 Å². The molecule has 0 bridgehead atoms. The number of phenolic OH excluding ortho intramolecular Hbond substituents is 1. The van der Waals surface area contributed by atoms with Gasteiger partial charge in [-0.05, 0) is 47.8 Å². The maximum atomic E-state index is 9.59. The zero-order chi connectivity index (χ0) is 17.4. The van der Waals surface area contributed by atoms with Crippen LogP contribution < -0.4 is 15.4 Å². The monoisotopic (exact) mass is 344 g/mol. The van der Waals surface area contributed by atoms with Crippen LogP contribution in [0.4, 0.5) is 0 Å². The van der Waals surface area contributed by atoms with Crippen LogP contribution in [0.1, 0.15) is 30.4 Å². The summed E-state index contributed by atoms with van der Waals surface area (Å²) in [5, 5.41) is 16.6. The molecule has 0 radical (unpaired) electrons. The van der Waals surface area contributed by atoms with Crippen molar-refractivity contribution in [3.05, 3.63) is 59.7 Å². The summed E-state index contributed by atoms with van der Waals surface area (Å²) < 4.78 is 5.10.